The fourth-order valence-corrected chi connectivity index (χ4v) is 3.26. The Morgan fingerprint density at radius 3 is 2.68 bits per heavy atom. The van der Waals surface area contributed by atoms with Crippen molar-refractivity contribution in [3.63, 3.8) is 0 Å². The standard InChI is InChI=1S/C22H21N3/c1-3-20-13-19-12-16(6-7-18(19)14-24-20)11-15(2)21-9-8-17-5-4-10-23-22(17)25-21/h4-10,12-15H,3,11H2,1-2H3. The van der Waals surface area contributed by atoms with Crippen molar-refractivity contribution in [1.29, 1.82) is 0 Å². The van der Waals surface area contributed by atoms with E-state index in [9.17, 15) is 0 Å². The molecule has 3 heterocycles. The molecule has 0 saturated carbocycles. The van der Waals surface area contributed by atoms with Crippen LogP contribution in [-0.2, 0) is 12.8 Å². The van der Waals surface area contributed by atoms with Gasteiger partial charge in [-0.2, -0.15) is 0 Å². The van der Waals surface area contributed by atoms with E-state index in [0.717, 1.165) is 35.3 Å². The normalized spacial score (nSPS) is 12.6. The Bertz CT molecular complexity index is 1040. The molecule has 0 amide bonds. The van der Waals surface area contributed by atoms with Gasteiger partial charge in [0.25, 0.3) is 0 Å². The summed E-state index contributed by atoms with van der Waals surface area (Å²) in [4.78, 5) is 13.6. The third-order valence-electron chi connectivity index (χ3n) is 4.74. The molecule has 0 bridgehead atoms. The fraction of sp³-hybridized carbons (Fsp3) is 0.227. The molecule has 124 valence electrons. The molecule has 25 heavy (non-hydrogen) atoms. The summed E-state index contributed by atoms with van der Waals surface area (Å²) in [6, 6.07) is 17.1. The summed E-state index contributed by atoms with van der Waals surface area (Å²) in [6.07, 6.45) is 5.69. The van der Waals surface area contributed by atoms with Gasteiger partial charge in [0.15, 0.2) is 5.65 Å². The number of aryl methyl sites for hydroxylation is 1. The van der Waals surface area contributed by atoms with Crippen LogP contribution in [0.3, 0.4) is 0 Å². The maximum atomic E-state index is 4.74. The molecular weight excluding hydrogens is 306 g/mol. The number of hydrogen-bond donors (Lipinski definition) is 0. The van der Waals surface area contributed by atoms with Crippen molar-refractivity contribution >= 4 is 21.8 Å². The summed E-state index contributed by atoms with van der Waals surface area (Å²) >= 11 is 0. The largest absolute Gasteiger partial charge is 0.261 e. The van der Waals surface area contributed by atoms with Crippen LogP contribution in [0, 0.1) is 0 Å². The Morgan fingerprint density at radius 1 is 0.920 bits per heavy atom. The summed E-state index contributed by atoms with van der Waals surface area (Å²) in [6.45, 7) is 4.37. The molecule has 1 atom stereocenters. The molecule has 0 saturated heterocycles. The van der Waals surface area contributed by atoms with E-state index in [1.807, 2.05) is 18.3 Å². The third-order valence-corrected chi connectivity index (χ3v) is 4.74. The smallest absolute Gasteiger partial charge is 0.159 e. The van der Waals surface area contributed by atoms with Gasteiger partial charge in [-0.15, -0.1) is 0 Å². The molecule has 4 rings (SSSR count). The van der Waals surface area contributed by atoms with Crippen LogP contribution in [0.15, 0.2) is 60.9 Å². The molecule has 0 spiro atoms. The van der Waals surface area contributed by atoms with Crippen molar-refractivity contribution in [3.05, 3.63) is 77.9 Å². The molecule has 0 aliphatic rings. The highest BCUT2D eigenvalue weighted by Crippen LogP contribution is 2.23. The number of rotatable bonds is 4. The van der Waals surface area contributed by atoms with E-state index in [1.165, 1.54) is 16.3 Å². The number of pyridine rings is 3. The summed E-state index contributed by atoms with van der Waals surface area (Å²) in [5.74, 6) is 0.344. The lowest BCUT2D eigenvalue weighted by atomic mass is 9.95. The van der Waals surface area contributed by atoms with E-state index >= 15 is 0 Å². The van der Waals surface area contributed by atoms with Crippen molar-refractivity contribution in [1.82, 2.24) is 15.0 Å². The van der Waals surface area contributed by atoms with Gasteiger partial charge >= 0.3 is 0 Å². The molecule has 3 heteroatoms. The third kappa shape index (κ3) is 3.22. The molecule has 3 nitrogen and oxygen atoms in total. The number of hydrogen-bond acceptors (Lipinski definition) is 3. The second-order valence-corrected chi connectivity index (χ2v) is 6.60. The first-order valence-electron chi connectivity index (χ1n) is 8.82. The molecule has 1 unspecified atom stereocenters. The minimum Gasteiger partial charge on any atom is -0.261 e. The second kappa shape index (κ2) is 6.60. The van der Waals surface area contributed by atoms with Gasteiger partial charge in [0.2, 0.25) is 0 Å². The highest BCUT2D eigenvalue weighted by Gasteiger charge is 2.10. The van der Waals surface area contributed by atoms with Crippen molar-refractivity contribution in [3.8, 4) is 0 Å². The highest BCUT2D eigenvalue weighted by molar-refractivity contribution is 5.82. The minimum absolute atomic E-state index is 0.344. The van der Waals surface area contributed by atoms with E-state index in [4.69, 9.17) is 4.98 Å². The fourth-order valence-electron chi connectivity index (χ4n) is 3.26. The lowest BCUT2D eigenvalue weighted by Crippen LogP contribution is -2.02. The summed E-state index contributed by atoms with van der Waals surface area (Å²) in [5, 5.41) is 3.55. The topological polar surface area (TPSA) is 38.7 Å². The summed E-state index contributed by atoms with van der Waals surface area (Å²) in [7, 11) is 0. The van der Waals surface area contributed by atoms with Gasteiger partial charge in [0, 0.05) is 40.5 Å². The first kappa shape index (κ1) is 15.7. The number of fused-ring (bicyclic) bond motifs is 2. The monoisotopic (exact) mass is 327 g/mol. The number of benzene rings is 1. The average Bonchev–Trinajstić information content (AvgIpc) is 2.67. The van der Waals surface area contributed by atoms with Gasteiger partial charge < -0.3 is 0 Å². The maximum Gasteiger partial charge on any atom is 0.159 e. The molecule has 0 radical (unpaired) electrons. The predicted molar refractivity (Wildman–Crippen MR) is 103 cm³/mol. The molecular formula is C22H21N3. The maximum absolute atomic E-state index is 4.74. The van der Waals surface area contributed by atoms with Crippen molar-refractivity contribution < 1.29 is 0 Å². The molecule has 4 aromatic rings. The molecule has 0 fully saturated rings. The summed E-state index contributed by atoms with van der Waals surface area (Å²) < 4.78 is 0. The van der Waals surface area contributed by atoms with Gasteiger partial charge in [0.05, 0.1) is 0 Å². The molecule has 0 N–H and O–H groups in total. The van der Waals surface area contributed by atoms with Crippen LogP contribution < -0.4 is 0 Å². The lowest BCUT2D eigenvalue weighted by Gasteiger charge is -2.12. The second-order valence-electron chi connectivity index (χ2n) is 6.60. The van der Waals surface area contributed by atoms with Crippen molar-refractivity contribution in [2.45, 2.75) is 32.6 Å². The first-order chi connectivity index (χ1) is 12.2. The highest BCUT2D eigenvalue weighted by atomic mass is 14.8. The van der Waals surface area contributed by atoms with Crippen LogP contribution in [0.25, 0.3) is 21.8 Å². The molecule has 0 aliphatic heterocycles. The van der Waals surface area contributed by atoms with Gasteiger partial charge in [-0.05, 0) is 54.1 Å². The van der Waals surface area contributed by atoms with Gasteiger partial charge in [-0.3, -0.25) is 4.98 Å². The van der Waals surface area contributed by atoms with Gasteiger partial charge in [-0.1, -0.05) is 32.0 Å². The number of aromatic nitrogens is 3. The quantitative estimate of drug-likeness (QED) is 0.524. The first-order valence-corrected chi connectivity index (χ1v) is 8.82. The zero-order valence-corrected chi connectivity index (χ0v) is 14.6. The van der Waals surface area contributed by atoms with Crippen molar-refractivity contribution in [2.24, 2.45) is 0 Å². The molecule has 1 aromatic carbocycles. The Labute approximate surface area is 147 Å². The van der Waals surface area contributed by atoms with E-state index in [1.54, 1.807) is 6.20 Å². The zero-order valence-electron chi connectivity index (χ0n) is 14.6. The van der Waals surface area contributed by atoms with Crippen LogP contribution >= 0.6 is 0 Å². The van der Waals surface area contributed by atoms with Crippen LogP contribution in [0.2, 0.25) is 0 Å². The van der Waals surface area contributed by atoms with E-state index < -0.39 is 0 Å². The van der Waals surface area contributed by atoms with Crippen LogP contribution in [-0.4, -0.2) is 15.0 Å². The SMILES string of the molecule is CCc1cc2cc(CC(C)c3ccc4cccnc4n3)ccc2cn1. The lowest BCUT2D eigenvalue weighted by molar-refractivity contribution is 0.734. The number of nitrogens with zero attached hydrogens (tertiary/aromatic N) is 3. The van der Waals surface area contributed by atoms with E-state index in [2.05, 4.69) is 60.2 Å². The van der Waals surface area contributed by atoms with E-state index in [-0.39, 0.29) is 0 Å². The van der Waals surface area contributed by atoms with Gasteiger partial charge in [0.1, 0.15) is 0 Å². The Morgan fingerprint density at radius 2 is 1.80 bits per heavy atom. The van der Waals surface area contributed by atoms with Crippen LogP contribution in [0.4, 0.5) is 0 Å². The Balaban J connectivity index is 1.62. The zero-order chi connectivity index (χ0) is 17.2. The average molecular weight is 327 g/mol. The molecule has 3 aromatic heterocycles. The van der Waals surface area contributed by atoms with Crippen molar-refractivity contribution in [2.75, 3.05) is 0 Å². The predicted octanol–water partition coefficient (Wildman–Crippen LogP) is 5.09. The van der Waals surface area contributed by atoms with Crippen LogP contribution in [0.1, 0.15) is 36.7 Å². The van der Waals surface area contributed by atoms with E-state index in [0.29, 0.717) is 5.92 Å². The van der Waals surface area contributed by atoms with Gasteiger partial charge in [-0.25, -0.2) is 9.97 Å². The minimum atomic E-state index is 0.344. The Hall–Kier alpha value is -2.81. The van der Waals surface area contributed by atoms with Crippen LogP contribution in [0.5, 0.6) is 0 Å². The summed E-state index contributed by atoms with van der Waals surface area (Å²) in [5.41, 5.74) is 4.38. The Kier molecular flexibility index (Phi) is 4.14. The molecule has 0 aliphatic carbocycles.